The standard InChI is InChI=1S/C15H13ClN4O/c16-10-6-4-9(5-7-10)14-13-11(2-1-3-12(13)21)19-15-17-8-18-20(14)15/h4-8,14H,1-3H2,(H,17,18,19)/t14-/m1/s1. The molecule has 1 aliphatic heterocycles. The maximum atomic E-state index is 12.4. The van der Waals surface area contributed by atoms with Crippen molar-refractivity contribution in [3.63, 3.8) is 0 Å². The first kappa shape index (κ1) is 12.6. The molecule has 0 saturated carbocycles. The van der Waals surface area contributed by atoms with Crippen LogP contribution in [0.15, 0.2) is 41.9 Å². The Bertz CT molecular complexity index is 747. The average molecular weight is 301 g/mol. The molecular weight excluding hydrogens is 288 g/mol. The van der Waals surface area contributed by atoms with Crippen molar-refractivity contribution < 1.29 is 4.79 Å². The summed E-state index contributed by atoms with van der Waals surface area (Å²) in [6.07, 6.45) is 3.85. The highest BCUT2D eigenvalue weighted by Gasteiger charge is 2.35. The maximum absolute atomic E-state index is 12.4. The lowest BCUT2D eigenvalue weighted by molar-refractivity contribution is -0.116. The van der Waals surface area contributed by atoms with Crippen LogP contribution >= 0.6 is 11.6 Å². The van der Waals surface area contributed by atoms with Crippen LogP contribution in [0.4, 0.5) is 5.95 Å². The van der Waals surface area contributed by atoms with E-state index in [4.69, 9.17) is 11.6 Å². The molecule has 1 aromatic heterocycles. The minimum absolute atomic E-state index is 0.185. The summed E-state index contributed by atoms with van der Waals surface area (Å²) >= 11 is 5.97. The molecule has 0 fully saturated rings. The molecule has 0 bridgehead atoms. The summed E-state index contributed by atoms with van der Waals surface area (Å²) < 4.78 is 1.77. The summed E-state index contributed by atoms with van der Waals surface area (Å²) in [6.45, 7) is 0. The van der Waals surface area contributed by atoms with Crippen LogP contribution in [-0.2, 0) is 4.79 Å². The number of anilines is 1. The lowest BCUT2D eigenvalue weighted by Crippen LogP contribution is -2.31. The van der Waals surface area contributed by atoms with Crippen molar-refractivity contribution in [2.24, 2.45) is 0 Å². The van der Waals surface area contributed by atoms with Gasteiger partial charge in [0.15, 0.2) is 5.78 Å². The molecule has 1 atom stereocenters. The number of nitrogens with one attached hydrogen (secondary N) is 1. The fourth-order valence-electron chi connectivity index (χ4n) is 3.05. The van der Waals surface area contributed by atoms with Gasteiger partial charge < -0.3 is 5.32 Å². The second-order valence-electron chi connectivity index (χ2n) is 5.28. The zero-order chi connectivity index (χ0) is 14.4. The van der Waals surface area contributed by atoms with Gasteiger partial charge in [0, 0.05) is 22.7 Å². The lowest BCUT2D eigenvalue weighted by Gasteiger charge is -2.32. The summed E-state index contributed by atoms with van der Waals surface area (Å²) in [4.78, 5) is 16.7. The molecule has 6 heteroatoms. The van der Waals surface area contributed by atoms with Crippen LogP contribution in [0.25, 0.3) is 0 Å². The number of benzene rings is 1. The number of ketones is 1. The Morgan fingerprint density at radius 2 is 2.05 bits per heavy atom. The topological polar surface area (TPSA) is 59.8 Å². The number of Topliss-reactive ketones (excluding diaryl/α,β-unsaturated/α-hetero) is 1. The second kappa shape index (κ2) is 4.70. The molecule has 0 amide bonds. The summed E-state index contributed by atoms with van der Waals surface area (Å²) in [7, 11) is 0. The van der Waals surface area contributed by atoms with Crippen molar-refractivity contribution in [3.8, 4) is 0 Å². The van der Waals surface area contributed by atoms with E-state index in [-0.39, 0.29) is 11.8 Å². The predicted molar refractivity (Wildman–Crippen MR) is 79.1 cm³/mol. The van der Waals surface area contributed by atoms with Crippen LogP contribution in [0, 0.1) is 0 Å². The van der Waals surface area contributed by atoms with Crippen LogP contribution in [0.1, 0.15) is 30.9 Å². The zero-order valence-corrected chi connectivity index (χ0v) is 12.0. The van der Waals surface area contributed by atoms with Crippen LogP contribution in [0.3, 0.4) is 0 Å². The van der Waals surface area contributed by atoms with Gasteiger partial charge in [-0.3, -0.25) is 4.79 Å². The van der Waals surface area contributed by atoms with E-state index in [0.29, 0.717) is 17.4 Å². The molecule has 0 saturated heterocycles. The molecule has 0 radical (unpaired) electrons. The number of rotatable bonds is 1. The molecule has 1 aromatic carbocycles. The maximum Gasteiger partial charge on any atom is 0.226 e. The van der Waals surface area contributed by atoms with Crippen molar-refractivity contribution >= 4 is 23.3 Å². The highest BCUT2D eigenvalue weighted by Crippen LogP contribution is 2.39. The molecule has 4 rings (SSSR count). The lowest BCUT2D eigenvalue weighted by atomic mass is 9.85. The van der Waals surface area contributed by atoms with Gasteiger partial charge in [0.05, 0.1) is 0 Å². The van der Waals surface area contributed by atoms with E-state index < -0.39 is 0 Å². The molecule has 0 unspecified atom stereocenters. The van der Waals surface area contributed by atoms with Crippen LogP contribution < -0.4 is 5.32 Å². The smallest absolute Gasteiger partial charge is 0.226 e. The third-order valence-corrected chi connectivity index (χ3v) is 4.25. The number of hydrogen-bond acceptors (Lipinski definition) is 4. The third-order valence-electron chi connectivity index (χ3n) is 4.00. The normalized spacial score (nSPS) is 20.8. The molecule has 1 aliphatic carbocycles. The van der Waals surface area contributed by atoms with Gasteiger partial charge in [-0.1, -0.05) is 23.7 Å². The number of carbonyl (C=O) groups is 1. The van der Waals surface area contributed by atoms with Gasteiger partial charge in [-0.25, -0.2) is 4.68 Å². The van der Waals surface area contributed by atoms with E-state index >= 15 is 0 Å². The number of aromatic nitrogens is 3. The quantitative estimate of drug-likeness (QED) is 0.879. The number of fused-ring (bicyclic) bond motifs is 1. The molecular formula is C15H13ClN4O. The first-order chi connectivity index (χ1) is 10.2. The van der Waals surface area contributed by atoms with Crippen molar-refractivity contribution in [1.29, 1.82) is 0 Å². The molecule has 21 heavy (non-hydrogen) atoms. The molecule has 1 N–H and O–H groups in total. The fourth-order valence-corrected chi connectivity index (χ4v) is 3.18. The monoisotopic (exact) mass is 300 g/mol. The number of allylic oxidation sites excluding steroid dienone is 2. The number of nitrogens with zero attached hydrogens (tertiary/aromatic N) is 3. The van der Waals surface area contributed by atoms with Crippen LogP contribution in [-0.4, -0.2) is 20.5 Å². The first-order valence-electron chi connectivity index (χ1n) is 6.92. The zero-order valence-electron chi connectivity index (χ0n) is 11.2. The van der Waals surface area contributed by atoms with Crippen molar-refractivity contribution in [2.75, 3.05) is 5.32 Å². The van der Waals surface area contributed by atoms with Crippen molar-refractivity contribution in [1.82, 2.24) is 14.8 Å². The Labute approximate surface area is 126 Å². The molecule has 2 heterocycles. The fraction of sp³-hybridized carbons (Fsp3) is 0.267. The third kappa shape index (κ3) is 1.96. The Hall–Kier alpha value is -2.14. The minimum Gasteiger partial charge on any atom is -0.328 e. The average Bonchev–Trinajstić information content (AvgIpc) is 2.94. The van der Waals surface area contributed by atoms with E-state index in [2.05, 4.69) is 15.4 Å². The van der Waals surface area contributed by atoms with Gasteiger partial charge in [-0.05, 0) is 30.5 Å². The summed E-state index contributed by atoms with van der Waals surface area (Å²) in [5, 5.41) is 8.21. The van der Waals surface area contributed by atoms with E-state index in [1.54, 1.807) is 4.68 Å². The molecule has 2 aromatic rings. The summed E-state index contributed by atoms with van der Waals surface area (Å²) in [5.74, 6) is 0.869. The van der Waals surface area contributed by atoms with E-state index in [9.17, 15) is 4.79 Å². The second-order valence-corrected chi connectivity index (χ2v) is 5.71. The Morgan fingerprint density at radius 3 is 2.86 bits per heavy atom. The highest BCUT2D eigenvalue weighted by atomic mass is 35.5. The predicted octanol–water partition coefficient (Wildman–Crippen LogP) is 2.95. The Kier molecular flexibility index (Phi) is 2.82. The van der Waals surface area contributed by atoms with Crippen LogP contribution in [0.2, 0.25) is 5.02 Å². The minimum atomic E-state index is -0.219. The first-order valence-corrected chi connectivity index (χ1v) is 7.30. The van der Waals surface area contributed by atoms with Crippen molar-refractivity contribution in [2.45, 2.75) is 25.3 Å². The summed E-state index contributed by atoms with van der Waals surface area (Å²) in [6, 6.07) is 7.34. The highest BCUT2D eigenvalue weighted by molar-refractivity contribution is 6.30. The number of halogens is 1. The van der Waals surface area contributed by atoms with Gasteiger partial charge in [0.2, 0.25) is 5.95 Å². The van der Waals surface area contributed by atoms with Gasteiger partial charge in [0.25, 0.3) is 0 Å². The van der Waals surface area contributed by atoms with Crippen molar-refractivity contribution in [3.05, 3.63) is 52.4 Å². The molecule has 0 spiro atoms. The van der Waals surface area contributed by atoms with E-state index in [1.807, 2.05) is 24.3 Å². The Balaban J connectivity index is 1.91. The van der Waals surface area contributed by atoms with Gasteiger partial charge in [-0.2, -0.15) is 10.1 Å². The Morgan fingerprint density at radius 1 is 1.24 bits per heavy atom. The van der Waals surface area contributed by atoms with Gasteiger partial charge in [0.1, 0.15) is 12.4 Å². The van der Waals surface area contributed by atoms with E-state index in [0.717, 1.165) is 29.7 Å². The van der Waals surface area contributed by atoms with E-state index in [1.165, 1.54) is 6.33 Å². The number of carbonyl (C=O) groups excluding carboxylic acids is 1. The molecule has 5 nitrogen and oxygen atoms in total. The largest absolute Gasteiger partial charge is 0.328 e. The number of hydrogen-bond donors (Lipinski definition) is 1. The van der Waals surface area contributed by atoms with Gasteiger partial charge in [-0.15, -0.1) is 0 Å². The van der Waals surface area contributed by atoms with Gasteiger partial charge >= 0.3 is 0 Å². The van der Waals surface area contributed by atoms with Crippen LogP contribution in [0.5, 0.6) is 0 Å². The molecule has 106 valence electrons. The summed E-state index contributed by atoms with van der Waals surface area (Å²) in [5.41, 5.74) is 2.78. The molecule has 2 aliphatic rings. The SMILES string of the molecule is O=C1CCCC2=C1[C@@H](c1ccc(Cl)cc1)n1ncnc1N2.